The molecule has 0 aliphatic carbocycles. The van der Waals surface area contributed by atoms with Crippen molar-refractivity contribution in [2.45, 2.75) is 17.5 Å². The Bertz CT molecular complexity index is 423. The molecule has 0 saturated heterocycles. The molecule has 7 heteroatoms. The maximum absolute atomic E-state index is 11.9. The first-order valence-electron chi connectivity index (χ1n) is 4.63. The van der Waals surface area contributed by atoms with Crippen LogP contribution in [0, 0.1) is 0 Å². The summed E-state index contributed by atoms with van der Waals surface area (Å²) in [6, 6.07) is 4.72. The zero-order valence-corrected chi connectivity index (χ0v) is 11.0. The average Bonchev–Trinajstić information content (AvgIpc) is 2.15. The van der Waals surface area contributed by atoms with Gasteiger partial charge in [0.1, 0.15) is 0 Å². The van der Waals surface area contributed by atoms with E-state index in [4.69, 9.17) is 0 Å². The highest BCUT2D eigenvalue weighted by Crippen LogP contribution is 2.20. The number of halogens is 4. The van der Waals surface area contributed by atoms with E-state index in [0.29, 0.717) is 4.90 Å². The summed E-state index contributed by atoms with van der Waals surface area (Å²) in [6.45, 7) is -0.439. The molecule has 1 aromatic rings. The van der Waals surface area contributed by atoms with Crippen molar-refractivity contribution in [2.75, 3.05) is 6.54 Å². The van der Waals surface area contributed by atoms with E-state index >= 15 is 0 Å². The second kappa shape index (κ2) is 5.77. The molecule has 1 N–H and O–H groups in total. The number of alkyl halides is 3. The van der Waals surface area contributed by atoms with Gasteiger partial charge in [-0.1, -0.05) is 15.9 Å². The van der Waals surface area contributed by atoms with E-state index < -0.39 is 25.0 Å². The Balaban J connectivity index is 2.59. The summed E-state index contributed by atoms with van der Waals surface area (Å²) in [7, 11) is 0. The van der Waals surface area contributed by atoms with Gasteiger partial charge in [-0.3, -0.25) is 4.79 Å². The minimum Gasteiger partial charge on any atom is -0.352 e. The molecular weight excluding hydrogens is 319 g/mol. The highest BCUT2D eigenvalue weighted by molar-refractivity contribution is 9.10. The standard InChI is InChI=1S/C10H9BrF3NOS/c11-6-1-2-7(8(17)5-6)9(16)15-4-3-10(12,13)14/h1-2,5,17H,3-4H2,(H,15,16). The first kappa shape index (κ1) is 14.4. The van der Waals surface area contributed by atoms with E-state index in [1.807, 2.05) is 0 Å². The normalized spacial score (nSPS) is 11.4. The van der Waals surface area contributed by atoms with E-state index in [9.17, 15) is 18.0 Å². The second-order valence-corrected chi connectivity index (χ2v) is 4.68. The fraction of sp³-hybridized carbons (Fsp3) is 0.300. The minimum atomic E-state index is -4.27. The van der Waals surface area contributed by atoms with Gasteiger partial charge in [-0.15, -0.1) is 12.6 Å². The van der Waals surface area contributed by atoms with Gasteiger partial charge in [0.05, 0.1) is 12.0 Å². The number of rotatable bonds is 3. The fourth-order valence-electron chi connectivity index (χ4n) is 1.11. The first-order valence-corrected chi connectivity index (χ1v) is 5.87. The molecule has 1 rings (SSSR count). The Hall–Kier alpha value is -0.690. The lowest BCUT2D eigenvalue weighted by atomic mass is 10.2. The summed E-state index contributed by atoms with van der Waals surface area (Å²) in [5, 5.41) is 2.19. The van der Waals surface area contributed by atoms with Crippen molar-refractivity contribution in [2.24, 2.45) is 0 Å². The number of amides is 1. The Morgan fingerprint density at radius 1 is 1.41 bits per heavy atom. The Morgan fingerprint density at radius 3 is 2.59 bits per heavy atom. The largest absolute Gasteiger partial charge is 0.390 e. The zero-order valence-electron chi connectivity index (χ0n) is 8.51. The van der Waals surface area contributed by atoms with Gasteiger partial charge in [-0.05, 0) is 18.2 Å². The molecule has 17 heavy (non-hydrogen) atoms. The SMILES string of the molecule is O=C(NCCC(F)(F)F)c1ccc(Br)cc1S. The van der Waals surface area contributed by atoms with Gasteiger partial charge in [0, 0.05) is 15.9 Å². The molecule has 0 bridgehead atoms. The van der Waals surface area contributed by atoms with Crippen LogP contribution in [0.25, 0.3) is 0 Å². The van der Waals surface area contributed by atoms with Crippen LogP contribution >= 0.6 is 28.6 Å². The van der Waals surface area contributed by atoms with E-state index in [1.54, 1.807) is 12.1 Å². The third kappa shape index (κ3) is 4.99. The third-order valence-electron chi connectivity index (χ3n) is 1.90. The van der Waals surface area contributed by atoms with Crippen LogP contribution in [-0.4, -0.2) is 18.6 Å². The maximum Gasteiger partial charge on any atom is 0.390 e. The van der Waals surface area contributed by atoms with Crippen molar-refractivity contribution in [1.29, 1.82) is 0 Å². The van der Waals surface area contributed by atoms with Crippen molar-refractivity contribution in [3.8, 4) is 0 Å². The predicted molar refractivity (Wildman–Crippen MR) is 64.4 cm³/mol. The quantitative estimate of drug-likeness (QED) is 0.818. The molecule has 0 spiro atoms. The summed E-state index contributed by atoms with van der Waals surface area (Å²) in [5.74, 6) is -0.563. The van der Waals surface area contributed by atoms with Crippen molar-refractivity contribution in [3.05, 3.63) is 28.2 Å². The van der Waals surface area contributed by atoms with Crippen LogP contribution in [0.1, 0.15) is 16.8 Å². The van der Waals surface area contributed by atoms with E-state index in [-0.39, 0.29) is 5.56 Å². The van der Waals surface area contributed by atoms with Gasteiger partial charge < -0.3 is 5.32 Å². The molecule has 0 fully saturated rings. The number of hydrogen-bond donors (Lipinski definition) is 2. The summed E-state index contributed by atoms with van der Waals surface area (Å²) in [6.07, 6.45) is -5.31. The van der Waals surface area contributed by atoms with Crippen LogP contribution in [0.3, 0.4) is 0 Å². The van der Waals surface area contributed by atoms with E-state index in [1.165, 1.54) is 6.07 Å². The molecule has 1 amide bonds. The smallest absolute Gasteiger partial charge is 0.352 e. The van der Waals surface area contributed by atoms with Crippen LogP contribution in [0.15, 0.2) is 27.6 Å². The highest BCUT2D eigenvalue weighted by atomic mass is 79.9. The number of carbonyl (C=O) groups excluding carboxylic acids is 1. The molecule has 0 aliphatic heterocycles. The molecule has 0 radical (unpaired) electrons. The van der Waals surface area contributed by atoms with E-state index in [2.05, 4.69) is 33.9 Å². The number of thiol groups is 1. The monoisotopic (exact) mass is 327 g/mol. The third-order valence-corrected chi connectivity index (χ3v) is 2.76. The number of carbonyl (C=O) groups is 1. The van der Waals surface area contributed by atoms with Crippen LogP contribution < -0.4 is 5.32 Å². The molecule has 1 aromatic carbocycles. The Labute approximate surface area is 110 Å². The van der Waals surface area contributed by atoms with Crippen LogP contribution in [0.2, 0.25) is 0 Å². The second-order valence-electron chi connectivity index (χ2n) is 3.28. The summed E-state index contributed by atoms with van der Waals surface area (Å²) >= 11 is 7.27. The van der Waals surface area contributed by atoms with Crippen LogP contribution in [-0.2, 0) is 0 Å². The first-order chi connectivity index (χ1) is 7.79. The predicted octanol–water partition coefficient (Wildman–Crippen LogP) is 3.42. The van der Waals surface area contributed by atoms with E-state index in [0.717, 1.165) is 4.47 Å². The van der Waals surface area contributed by atoms with Gasteiger partial charge in [0.25, 0.3) is 5.91 Å². The van der Waals surface area contributed by atoms with Crippen LogP contribution in [0.5, 0.6) is 0 Å². The van der Waals surface area contributed by atoms with Crippen molar-refractivity contribution in [3.63, 3.8) is 0 Å². The van der Waals surface area contributed by atoms with Crippen molar-refractivity contribution < 1.29 is 18.0 Å². The van der Waals surface area contributed by atoms with Gasteiger partial charge in [0.2, 0.25) is 0 Å². The lowest BCUT2D eigenvalue weighted by Crippen LogP contribution is -2.28. The minimum absolute atomic E-state index is 0.249. The molecule has 94 valence electrons. The fourth-order valence-corrected chi connectivity index (χ4v) is 1.96. The average molecular weight is 328 g/mol. The van der Waals surface area contributed by atoms with Crippen molar-refractivity contribution >= 4 is 34.5 Å². The topological polar surface area (TPSA) is 29.1 Å². The number of nitrogens with one attached hydrogen (secondary N) is 1. The molecular formula is C10H9BrF3NOS. The molecule has 0 atom stereocenters. The van der Waals surface area contributed by atoms with Crippen LogP contribution in [0.4, 0.5) is 13.2 Å². The lowest BCUT2D eigenvalue weighted by Gasteiger charge is -2.09. The summed E-state index contributed by atoms with van der Waals surface area (Å²) in [4.78, 5) is 11.9. The molecule has 0 heterocycles. The van der Waals surface area contributed by atoms with Gasteiger partial charge in [-0.25, -0.2) is 0 Å². The molecule has 0 unspecified atom stereocenters. The Morgan fingerprint density at radius 2 is 2.06 bits per heavy atom. The van der Waals surface area contributed by atoms with Gasteiger partial charge >= 0.3 is 6.18 Å². The molecule has 0 saturated carbocycles. The highest BCUT2D eigenvalue weighted by Gasteiger charge is 2.26. The number of benzene rings is 1. The van der Waals surface area contributed by atoms with Gasteiger partial charge in [-0.2, -0.15) is 13.2 Å². The molecule has 2 nitrogen and oxygen atoms in total. The summed E-state index contributed by atoms with van der Waals surface area (Å²) < 4.78 is 36.3. The number of hydrogen-bond acceptors (Lipinski definition) is 2. The lowest BCUT2D eigenvalue weighted by molar-refractivity contribution is -0.132. The summed E-state index contributed by atoms with van der Waals surface area (Å²) in [5.41, 5.74) is 0.249. The Kier molecular flexibility index (Phi) is 4.88. The molecule has 0 aromatic heterocycles. The van der Waals surface area contributed by atoms with Crippen molar-refractivity contribution in [1.82, 2.24) is 5.32 Å². The van der Waals surface area contributed by atoms with Gasteiger partial charge in [0.15, 0.2) is 0 Å². The zero-order chi connectivity index (χ0) is 13.1. The molecule has 0 aliphatic rings. The maximum atomic E-state index is 11.9.